The summed E-state index contributed by atoms with van der Waals surface area (Å²) in [5.74, 6) is 1.11. The minimum atomic E-state index is 0.375. The second kappa shape index (κ2) is 5.15. The molecule has 4 heteroatoms. The Morgan fingerprint density at radius 2 is 1.71 bits per heavy atom. The topological polar surface area (TPSA) is 37.8 Å². The minimum Gasteiger partial charge on any atom is -0.338 e. The van der Waals surface area contributed by atoms with Crippen LogP contribution < -0.4 is 5.32 Å². The van der Waals surface area contributed by atoms with Crippen LogP contribution in [0.4, 0.5) is 11.5 Å². The lowest BCUT2D eigenvalue weighted by atomic mass is 10.0. The van der Waals surface area contributed by atoms with Crippen LogP contribution in [0.3, 0.4) is 0 Å². The normalized spacial score (nSPS) is 10.6. The minimum absolute atomic E-state index is 0.375. The Labute approximate surface area is 106 Å². The van der Waals surface area contributed by atoms with Gasteiger partial charge in [-0.05, 0) is 23.6 Å². The van der Waals surface area contributed by atoms with Gasteiger partial charge in [0.15, 0.2) is 11.0 Å². The molecule has 1 heterocycles. The standard InChI is InChI=1S/C13H14ClN3/c1-9(2)10-3-5-11(6-4-10)17-13-12(14)15-7-8-16-13/h3-9H,1-2H3,(H,16,17). The second-order valence-corrected chi connectivity index (χ2v) is 4.46. The molecule has 0 spiro atoms. The summed E-state index contributed by atoms with van der Waals surface area (Å²) < 4.78 is 0. The van der Waals surface area contributed by atoms with Gasteiger partial charge in [-0.15, -0.1) is 0 Å². The molecule has 0 aliphatic carbocycles. The third kappa shape index (κ3) is 2.94. The van der Waals surface area contributed by atoms with E-state index in [0.717, 1.165) is 5.69 Å². The first kappa shape index (κ1) is 11.9. The monoisotopic (exact) mass is 247 g/mol. The van der Waals surface area contributed by atoms with Crippen LogP contribution in [0.15, 0.2) is 36.7 Å². The zero-order valence-electron chi connectivity index (χ0n) is 9.81. The van der Waals surface area contributed by atoms with Crippen molar-refractivity contribution in [3.8, 4) is 0 Å². The van der Waals surface area contributed by atoms with E-state index in [1.54, 1.807) is 12.4 Å². The molecule has 0 bridgehead atoms. The molecule has 0 saturated carbocycles. The molecule has 0 fully saturated rings. The van der Waals surface area contributed by atoms with Crippen molar-refractivity contribution < 1.29 is 0 Å². The molecule has 0 aliphatic rings. The maximum Gasteiger partial charge on any atom is 0.171 e. The SMILES string of the molecule is CC(C)c1ccc(Nc2nccnc2Cl)cc1. The quantitative estimate of drug-likeness (QED) is 0.891. The maximum absolute atomic E-state index is 5.92. The first-order valence-corrected chi connectivity index (χ1v) is 5.88. The van der Waals surface area contributed by atoms with Gasteiger partial charge in [-0.1, -0.05) is 37.6 Å². The molecule has 17 heavy (non-hydrogen) atoms. The molecule has 88 valence electrons. The Kier molecular flexibility index (Phi) is 3.59. The third-order valence-corrected chi connectivity index (χ3v) is 2.77. The van der Waals surface area contributed by atoms with Crippen LogP contribution in [-0.2, 0) is 0 Å². The second-order valence-electron chi connectivity index (χ2n) is 4.10. The lowest BCUT2D eigenvalue weighted by molar-refractivity contribution is 0.867. The van der Waals surface area contributed by atoms with Gasteiger partial charge < -0.3 is 5.32 Å². The molecule has 0 radical (unpaired) electrons. The predicted octanol–water partition coefficient (Wildman–Crippen LogP) is 4.00. The summed E-state index contributed by atoms with van der Waals surface area (Å²) in [5.41, 5.74) is 2.26. The first-order chi connectivity index (χ1) is 8.16. The fourth-order valence-corrected chi connectivity index (χ4v) is 1.65. The van der Waals surface area contributed by atoms with Gasteiger partial charge in [0.1, 0.15) is 0 Å². The van der Waals surface area contributed by atoms with E-state index >= 15 is 0 Å². The Balaban J connectivity index is 2.17. The molecule has 1 N–H and O–H groups in total. The molecular formula is C13H14ClN3. The van der Waals surface area contributed by atoms with E-state index in [2.05, 4.69) is 41.3 Å². The van der Waals surface area contributed by atoms with E-state index < -0.39 is 0 Å². The average Bonchev–Trinajstić information content (AvgIpc) is 2.33. The Morgan fingerprint density at radius 3 is 2.29 bits per heavy atom. The van der Waals surface area contributed by atoms with Crippen molar-refractivity contribution in [1.29, 1.82) is 0 Å². The molecule has 3 nitrogen and oxygen atoms in total. The van der Waals surface area contributed by atoms with Crippen molar-refractivity contribution in [1.82, 2.24) is 9.97 Å². The van der Waals surface area contributed by atoms with Crippen LogP contribution in [0.2, 0.25) is 5.15 Å². The fraction of sp³-hybridized carbons (Fsp3) is 0.231. The van der Waals surface area contributed by atoms with Crippen molar-refractivity contribution >= 4 is 23.1 Å². The van der Waals surface area contributed by atoms with Gasteiger partial charge in [0, 0.05) is 18.1 Å². The number of anilines is 2. The summed E-state index contributed by atoms with van der Waals surface area (Å²) >= 11 is 5.92. The lowest BCUT2D eigenvalue weighted by Crippen LogP contribution is -1.96. The van der Waals surface area contributed by atoms with Crippen molar-refractivity contribution in [3.05, 3.63) is 47.4 Å². The number of nitrogens with one attached hydrogen (secondary N) is 1. The van der Waals surface area contributed by atoms with E-state index in [1.165, 1.54) is 5.56 Å². The van der Waals surface area contributed by atoms with Crippen molar-refractivity contribution in [2.24, 2.45) is 0 Å². The van der Waals surface area contributed by atoms with Crippen LogP contribution in [0, 0.1) is 0 Å². The highest BCUT2D eigenvalue weighted by Gasteiger charge is 2.03. The number of hydrogen-bond acceptors (Lipinski definition) is 3. The van der Waals surface area contributed by atoms with Crippen LogP contribution in [-0.4, -0.2) is 9.97 Å². The highest BCUT2D eigenvalue weighted by molar-refractivity contribution is 6.31. The summed E-state index contributed by atoms with van der Waals surface area (Å²) in [5, 5.41) is 3.51. The summed E-state index contributed by atoms with van der Waals surface area (Å²) in [6, 6.07) is 8.22. The highest BCUT2D eigenvalue weighted by Crippen LogP contribution is 2.22. The van der Waals surface area contributed by atoms with E-state index in [1.807, 2.05) is 12.1 Å². The smallest absolute Gasteiger partial charge is 0.171 e. The summed E-state index contributed by atoms with van der Waals surface area (Å²) in [7, 11) is 0. The molecule has 2 rings (SSSR count). The van der Waals surface area contributed by atoms with Crippen molar-refractivity contribution in [2.75, 3.05) is 5.32 Å². The van der Waals surface area contributed by atoms with Gasteiger partial charge in [0.05, 0.1) is 0 Å². The van der Waals surface area contributed by atoms with Gasteiger partial charge in [-0.25, -0.2) is 9.97 Å². The van der Waals surface area contributed by atoms with E-state index in [0.29, 0.717) is 16.9 Å². The molecule has 1 aromatic carbocycles. The summed E-state index contributed by atoms with van der Waals surface area (Å²) in [6.07, 6.45) is 3.17. The molecule has 0 atom stereocenters. The maximum atomic E-state index is 5.92. The van der Waals surface area contributed by atoms with Gasteiger partial charge in [-0.2, -0.15) is 0 Å². The number of benzene rings is 1. The number of nitrogens with zero attached hydrogens (tertiary/aromatic N) is 2. The Hall–Kier alpha value is -1.61. The molecule has 0 saturated heterocycles. The molecule has 1 aromatic heterocycles. The summed E-state index contributed by atoms with van der Waals surface area (Å²) in [4.78, 5) is 8.09. The fourth-order valence-electron chi connectivity index (χ4n) is 1.49. The Morgan fingerprint density at radius 1 is 1.06 bits per heavy atom. The highest BCUT2D eigenvalue weighted by atomic mass is 35.5. The van der Waals surface area contributed by atoms with Gasteiger partial charge in [0.25, 0.3) is 0 Å². The van der Waals surface area contributed by atoms with E-state index in [9.17, 15) is 0 Å². The van der Waals surface area contributed by atoms with E-state index in [4.69, 9.17) is 11.6 Å². The van der Waals surface area contributed by atoms with Crippen molar-refractivity contribution in [3.63, 3.8) is 0 Å². The van der Waals surface area contributed by atoms with Crippen LogP contribution in [0.5, 0.6) is 0 Å². The number of hydrogen-bond donors (Lipinski definition) is 1. The van der Waals surface area contributed by atoms with Gasteiger partial charge in [-0.3, -0.25) is 0 Å². The number of halogens is 1. The Bertz CT molecular complexity index is 494. The van der Waals surface area contributed by atoms with Crippen LogP contribution >= 0.6 is 11.6 Å². The number of rotatable bonds is 3. The lowest BCUT2D eigenvalue weighted by Gasteiger charge is -2.09. The van der Waals surface area contributed by atoms with Gasteiger partial charge in [0.2, 0.25) is 0 Å². The number of aromatic nitrogens is 2. The zero-order valence-corrected chi connectivity index (χ0v) is 10.6. The van der Waals surface area contributed by atoms with Gasteiger partial charge >= 0.3 is 0 Å². The zero-order chi connectivity index (χ0) is 12.3. The van der Waals surface area contributed by atoms with Crippen molar-refractivity contribution in [2.45, 2.75) is 19.8 Å². The molecule has 0 unspecified atom stereocenters. The predicted molar refractivity (Wildman–Crippen MR) is 70.9 cm³/mol. The average molecular weight is 248 g/mol. The summed E-state index contributed by atoms with van der Waals surface area (Å²) in [6.45, 7) is 4.34. The van der Waals surface area contributed by atoms with Crippen LogP contribution in [0.1, 0.15) is 25.3 Å². The molecule has 0 aliphatic heterocycles. The molecule has 2 aromatic rings. The molecular weight excluding hydrogens is 234 g/mol. The van der Waals surface area contributed by atoms with Crippen LogP contribution in [0.25, 0.3) is 0 Å². The third-order valence-electron chi connectivity index (χ3n) is 2.49. The molecule has 0 amide bonds. The van der Waals surface area contributed by atoms with E-state index in [-0.39, 0.29) is 0 Å². The first-order valence-electron chi connectivity index (χ1n) is 5.50. The largest absolute Gasteiger partial charge is 0.338 e.